The minimum Gasteiger partial charge on any atom is -0.382 e. The molecule has 34 heavy (non-hydrogen) atoms. The summed E-state index contributed by atoms with van der Waals surface area (Å²) < 4.78 is 28.7. The summed E-state index contributed by atoms with van der Waals surface area (Å²) in [6.45, 7) is 0. The molecular weight excluding hydrogens is 432 g/mol. The van der Waals surface area contributed by atoms with Crippen molar-refractivity contribution in [2.24, 2.45) is 0 Å². The highest BCUT2D eigenvalue weighted by molar-refractivity contribution is 5.82. The first kappa shape index (κ1) is 20.5. The molecule has 1 N–H and O–H groups in total. The SMILES string of the molecule is Fc1ccc(-c2nc3nc(-c4ccc(NC5CCC5)cc4)c(-c4ccccc4)cn3n2)cc1F. The number of aromatic nitrogens is 4. The lowest BCUT2D eigenvalue weighted by Gasteiger charge is -2.27. The van der Waals surface area contributed by atoms with Crippen molar-refractivity contribution in [2.75, 3.05) is 5.32 Å². The third-order valence-corrected chi connectivity index (χ3v) is 6.23. The molecule has 1 saturated carbocycles. The second-order valence-corrected chi connectivity index (χ2v) is 8.53. The molecular formula is C27H21F2N5. The molecule has 7 heteroatoms. The molecule has 1 fully saturated rings. The van der Waals surface area contributed by atoms with Gasteiger partial charge in [-0.3, -0.25) is 0 Å². The molecule has 6 rings (SSSR count). The highest BCUT2D eigenvalue weighted by Gasteiger charge is 2.18. The van der Waals surface area contributed by atoms with E-state index in [1.54, 1.807) is 4.52 Å². The molecule has 3 aromatic carbocycles. The van der Waals surface area contributed by atoms with E-state index in [9.17, 15) is 8.78 Å². The fraction of sp³-hybridized carbons (Fsp3) is 0.148. The first-order valence-electron chi connectivity index (χ1n) is 11.3. The lowest BCUT2D eigenvalue weighted by molar-refractivity contribution is 0.445. The van der Waals surface area contributed by atoms with E-state index in [-0.39, 0.29) is 5.82 Å². The number of hydrogen-bond acceptors (Lipinski definition) is 4. The molecule has 1 aliphatic rings. The highest BCUT2D eigenvalue weighted by Crippen LogP contribution is 2.32. The minimum absolute atomic E-state index is 0.280. The monoisotopic (exact) mass is 453 g/mol. The summed E-state index contributed by atoms with van der Waals surface area (Å²) in [6, 6.07) is 22.4. The standard InChI is InChI=1S/C27H21F2N5/c28-23-14-11-19(15-24(23)29)26-32-27-31-25(18-9-12-21(13-10-18)30-20-7-4-8-20)22(16-34(27)33-26)17-5-2-1-3-6-17/h1-3,5-6,9-16,20,30H,4,7-8H2. The van der Waals surface area contributed by atoms with Crippen LogP contribution in [0, 0.1) is 11.6 Å². The van der Waals surface area contributed by atoms with Gasteiger partial charge in [0.05, 0.1) is 5.69 Å². The van der Waals surface area contributed by atoms with Gasteiger partial charge in [-0.1, -0.05) is 42.5 Å². The zero-order chi connectivity index (χ0) is 23.1. The van der Waals surface area contributed by atoms with Crippen molar-refractivity contribution in [1.82, 2.24) is 19.6 Å². The van der Waals surface area contributed by atoms with E-state index in [1.807, 2.05) is 36.5 Å². The Morgan fingerprint density at radius 2 is 1.56 bits per heavy atom. The van der Waals surface area contributed by atoms with Crippen LogP contribution in [0.25, 0.3) is 39.5 Å². The van der Waals surface area contributed by atoms with Crippen molar-refractivity contribution in [2.45, 2.75) is 25.3 Å². The molecule has 168 valence electrons. The van der Waals surface area contributed by atoms with E-state index in [1.165, 1.54) is 25.3 Å². The summed E-state index contributed by atoms with van der Waals surface area (Å²) >= 11 is 0. The van der Waals surface area contributed by atoms with Crippen LogP contribution in [0.3, 0.4) is 0 Å². The second kappa shape index (κ2) is 8.33. The van der Waals surface area contributed by atoms with Gasteiger partial charge in [-0.2, -0.15) is 4.98 Å². The number of nitrogens with zero attached hydrogens (tertiary/aromatic N) is 4. The summed E-state index contributed by atoms with van der Waals surface area (Å²) in [7, 11) is 0. The van der Waals surface area contributed by atoms with Gasteiger partial charge in [-0.25, -0.2) is 18.3 Å². The number of benzene rings is 3. The molecule has 0 bridgehead atoms. The molecule has 0 amide bonds. The largest absolute Gasteiger partial charge is 0.382 e. The maximum absolute atomic E-state index is 13.8. The number of anilines is 1. The average molecular weight is 453 g/mol. The van der Waals surface area contributed by atoms with Crippen molar-refractivity contribution >= 4 is 11.5 Å². The van der Waals surface area contributed by atoms with E-state index in [2.05, 4.69) is 39.7 Å². The molecule has 2 aromatic heterocycles. The Bertz CT molecular complexity index is 1470. The molecule has 5 aromatic rings. The molecule has 0 unspecified atom stereocenters. The zero-order valence-electron chi connectivity index (χ0n) is 18.2. The van der Waals surface area contributed by atoms with Crippen LogP contribution >= 0.6 is 0 Å². The second-order valence-electron chi connectivity index (χ2n) is 8.53. The highest BCUT2D eigenvalue weighted by atomic mass is 19.2. The van der Waals surface area contributed by atoms with Crippen LogP contribution in [0.2, 0.25) is 0 Å². The number of halogens is 2. The molecule has 0 spiro atoms. The Morgan fingerprint density at radius 3 is 2.26 bits per heavy atom. The number of fused-ring (bicyclic) bond motifs is 1. The minimum atomic E-state index is -0.939. The van der Waals surface area contributed by atoms with E-state index >= 15 is 0 Å². The summed E-state index contributed by atoms with van der Waals surface area (Å²) in [6.07, 6.45) is 5.59. The summed E-state index contributed by atoms with van der Waals surface area (Å²) in [5.74, 6) is -1.19. The fourth-order valence-electron chi connectivity index (χ4n) is 4.14. The predicted octanol–water partition coefficient (Wildman–Crippen LogP) is 6.37. The predicted molar refractivity (Wildman–Crippen MR) is 128 cm³/mol. The molecule has 2 heterocycles. The van der Waals surface area contributed by atoms with Gasteiger partial charge in [0.2, 0.25) is 0 Å². The van der Waals surface area contributed by atoms with Crippen molar-refractivity contribution in [3.63, 3.8) is 0 Å². The Balaban J connectivity index is 1.45. The molecule has 1 aliphatic carbocycles. The first-order valence-corrected chi connectivity index (χ1v) is 11.3. The number of hydrogen-bond donors (Lipinski definition) is 1. The van der Waals surface area contributed by atoms with Gasteiger partial charge in [-0.05, 0) is 55.2 Å². The van der Waals surface area contributed by atoms with Crippen LogP contribution in [0.15, 0.2) is 79.0 Å². The van der Waals surface area contributed by atoms with Gasteiger partial charge < -0.3 is 5.32 Å². The molecule has 0 saturated heterocycles. The normalized spacial score (nSPS) is 13.7. The Morgan fingerprint density at radius 1 is 0.794 bits per heavy atom. The van der Waals surface area contributed by atoms with Gasteiger partial charge in [0.25, 0.3) is 5.78 Å². The summed E-state index contributed by atoms with van der Waals surface area (Å²) in [5.41, 5.74) is 5.11. The fourth-order valence-corrected chi connectivity index (χ4v) is 4.14. The van der Waals surface area contributed by atoms with E-state index < -0.39 is 11.6 Å². The molecule has 5 nitrogen and oxygen atoms in total. The number of nitrogens with one attached hydrogen (secondary N) is 1. The molecule has 0 atom stereocenters. The van der Waals surface area contributed by atoms with Crippen molar-refractivity contribution < 1.29 is 8.78 Å². The van der Waals surface area contributed by atoms with Crippen LogP contribution in [0.1, 0.15) is 19.3 Å². The van der Waals surface area contributed by atoms with Crippen molar-refractivity contribution in [3.05, 3.63) is 90.6 Å². The van der Waals surface area contributed by atoms with Gasteiger partial charge in [0.1, 0.15) is 0 Å². The number of rotatable bonds is 5. The van der Waals surface area contributed by atoms with Gasteiger partial charge >= 0.3 is 0 Å². The van der Waals surface area contributed by atoms with Gasteiger partial charge in [-0.15, -0.1) is 5.10 Å². The lowest BCUT2D eigenvalue weighted by atomic mass is 9.93. The quantitative estimate of drug-likeness (QED) is 0.336. The van der Waals surface area contributed by atoms with E-state index in [4.69, 9.17) is 4.98 Å². The lowest BCUT2D eigenvalue weighted by Crippen LogP contribution is -2.26. The summed E-state index contributed by atoms with van der Waals surface area (Å²) in [4.78, 5) is 9.32. The average Bonchev–Trinajstić information content (AvgIpc) is 3.26. The van der Waals surface area contributed by atoms with Crippen molar-refractivity contribution in [1.29, 1.82) is 0 Å². The summed E-state index contributed by atoms with van der Waals surface area (Å²) in [5, 5.41) is 8.04. The third kappa shape index (κ3) is 3.79. The first-order chi connectivity index (χ1) is 16.6. The third-order valence-electron chi connectivity index (χ3n) is 6.23. The molecule has 0 aliphatic heterocycles. The Kier molecular flexibility index (Phi) is 5.02. The molecule has 0 radical (unpaired) electrons. The van der Waals surface area contributed by atoms with Crippen LogP contribution in [-0.2, 0) is 0 Å². The van der Waals surface area contributed by atoms with Crippen LogP contribution in [0.5, 0.6) is 0 Å². The maximum atomic E-state index is 13.8. The van der Waals surface area contributed by atoms with E-state index in [0.717, 1.165) is 40.2 Å². The Hall–Kier alpha value is -4.13. The topological polar surface area (TPSA) is 55.1 Å². The smallest absolute Gasteiger partial charge is 0.253 e. The van der Waals surface area contributed by atoms with Gasteiger partial charge in [0, 0.05) is 34.6 Å². The Labute approximate surface area is 195 Å². The van der Waals surface area contributed by atoms with Crippen LogP contribution in [0.4, 0.5) is 14.5 Å². The van der Waals surface area contributed by atoms with Gasteiger partial charge in [0.15, 0.2) is 17.5 Å². The zero-order valence-corrected chi connectivity index (χ0v) is 18.2. The van der Waals surface area contributed by atoms with Crippen molar-refractivity contribution in [3.8, 4) is 33.8 Å². The van der Waals surface area contributed by atoms with E-state index in [0.29, 0.717) is 17.4 Å². The maximum Gasteiger partial charge on any atom is 0.253 e. The van der Waals surface area contributed by atoms with Crippen LogP contribution in [-0.4, -0.2) is 25.6 Å². The van der Waals surface area contributed by atoms with Crippen LogP contribution < -0.4 is 5.32 Å².